The number of hydrogen-bond acceptors (Lipinski definition) is 1. The predicted octanol–water partition coefficient (Wildman–Crippen LogP) is 2.15. The van der Waals surface area contributed by atoms with Gasteiger partial charge in [-0.1, -0.05) is 15.9 Å². The van der Waals surface area contributed by atoms with E-state index in [0.717, 1.165) is 18.1 Å². The number of rotatable bonds is 1. The van der Waals surface area contributed by atoms with Crippen LogP contribution in [-0.2, 0) is 4.74 Å². The highest BCUT2D eigenvalue weighted by Gasteiger charge is 2.15. The van der Waals surface area contributed by atoms with Crippen molar-refractivity contribution < 1.29 is 4.74 Å². The molecular formula is C8H8BrNO. The highest BCUT2D eigenvalue weighted by molar-refractivity contribution is 9.09. The van der Waals surface area contributed by atoms with E-state index in [-0.39, 0.29) is 0 Å². The van der Waals surface area contributed by atoms with E-state index in [4.69, 9.17) is 4.74 Å². The molecule has 1 aromatic heterocycles. The zero-order chi connectivity index (χ0) is 7.68. The van der Waals surface area contributed by atoms with Crippen LogP contribution in [0.3, 0.4) is 0 Å². The van der Waals surface area contributed by atoms with Crippen LogP contribution in [0.4, 0.5) is 0 Å². The first-order valence-electron chi connectivity index (χ1n) is 3.49. The summed E-state index contributed by atoms with van der Waals surface area (Å²) in [6.45, 7) is 0.731. The fraction of sp³-hybridized carbons (Fsp3) is 0.250. The molecule has 1 N–H and O–H groups in total. The van der Waals surface area contributed by atoms with Crippen molar-refractivity contribution in [3.05, 3.63) is 30.1 Å². The monoisotopic (exact) mass is 213 g/mol. The van der Waals surface area contributed by atoms with E-state index in [9.17, 15) is 0 Å². The average molecular weight is 214 g/mol. The number of hydrogen-bond donors (Lipinski definition) is 1. The fourth-order valence-corrected chi connectivity index (χ4v) is 1.45. The second-order valence-electron chi connectivity index (χ2n) is 2.44. The van der Waals surface area contributed by atoms with Crippen molar-refractivity contribution in [1.82, 2.24) is 4.98 Å². The molecule has 1 atom stereocenters. The first kappa shape index (κ1) is 6.98. The summed E-state index contributed by atoms with van der Waals surface area (Å²) >= 11 is 3.45. The van der Waals surface area contributed by atoms with Crippen LogP contribution >= 0.6 is 15.9 Å². The summed E-state index contributed by atoms with van der Waals surface area (Å²) in [5.74, 6) is 0.942. The van der Waals surface area contributed by atoms with Gasteiger partial charge in [0.15, 0.2) is 0 Å². The van der Waals surface area contributed by atoms with E-state index in [2.05, 4.69) is 27.0 Å². The Morgan fingerprint density at radius 3 is 3.09 bits per heavy atom. The van der Waals surface area contributed by atoms with Crippen LogP contribution in [0.5, 0.6) is 0 Å². The molecule has 1 aromatic rings. The Bertz CT molecular complexity index is 266. The van der Waals surface area contributed by atoms with Gasteiger partial charge >= 0.3 is 0 Å². The maximum Gasteiger partial charge on any atom is 0.140 e. The van der Waals surface area contributed by atoms with Crippen molar-refractivity contribution in [3.8, 4) is 0 Å². The first-order valence-corrected chi connectivity index (χ1v) is 4.40. The van der Waals surface area contributed by atoms with Gasteiger partial charge in [-0.2, -0.15) is 0 Å². The van der Waals surface area contributed by atoms with E-state index in [1.807, 2.05) is 18.3 Å². The summed E-state index contributed by atoms with van der Waals surface area (Å²) in [6.07, 6.45) is 3.95. The molecule has 0 radical (unpaired) electrons. The SMILES string of the molecule is BrC1C=C(c2ccc[nH]2)OC1. The molecule has 2 rings (SSSR count). The van der Waals surface area contributed by atoms with Crippen LogP contribution < -0.4 is 0 Å². The Kier molecular flexibility index (Phi) is 1.74. The summed E-state index contributed by atoms with van der Waals surface area (Å²) in [5.41, 5.74) is 1.05. The smallest absolute Gasteiger partial charge is 0.140 e. The molecule has 2 heterocycles. The van der Waals surface area contributed by atoms with Crippen molar-refractivity contribution in [3.63, 3.8) is 0 Å². The molecule has 2 nitrogen and oxygen atoms in total. The molecule has 0 amide bonds. The molecule has 0 spiro atoms. The van der Waals surface area contributed by atoms with Crippen LogP contribution in [0.25, 0.3) is 5.76 Å². The third kappa shape index (κ3) is 1.33. The molecule has 0 aliphatic carbocycles. The molecular weight excluding hydrogens is 206 g/mol. The Morgan fingerprint density at radius 2 is 2.55 bits per heavy atom. The maximum absolute atomic E-state index is 5.39. The second kappa shape index (κ2) is 2.74. The molecule has 1 unspecified atom stereocenters. The Labute approximate surface area is 73.4 Å². The molecule has 0 saturated heterocycles. The molecule has 0 saturated carbocycles. The lowest BCUT2D eigenvalue weighted by atomic mass is 10.3. The third-order valence-corrected chi connectivity index (χ3v) is 2.12. The van der Waals surface area contributed by atoms with E-state index >= 15 is 0 Å². The zero-order valence-corrected chi connectivity index (χ0v) is 7.47. The van der Waals surface area contributed by atoms with Crippen LogP contribution in [0.2, 0.25) is 0 Å². The van der Waals surface area contributed by atoms with Gasteiger partial charge in [0.1, 0.15) is 12.4 Å². The molecule has 1 aliphatic rings. The van der Waals surface area contributed by atoms with Gasteiger partial charge in [0.25, 0.3) is 0 Å². The topological polar surface area (TPSA) is 25.0 Å². The summed E-state index contributed by atoms with van der Waals surface area (Å²) in [5, 5.41) is 0. The molecule has 0 aromatic carbocycles. The zero-order valence-electron chi connectivity index (χ0n) is 5.88. The van der Waals surface area contributed by atoms with Crippen LogP contribution in [-0.4, -0.2) is 16.4 Å². The van der Waals surface area contributed by atoms with Crippen molar-refractivity contribution in [2.45, 2.75) is 4.83 Å². The predicted molar refractivity (Wildman–Crippen MR) is 47.4 cm³/mol. The maximum atomic E-state index is 5.39. The average Bonchev–Trinajstić information content (AvgIpc) is 2.55. The lowest BCUT2D eigenvalue weighted by molar-refractivity contribution is 0.310. The summed E-state index contributed by atoms with van der Waals surface area (Å²) in [6, 6.07) is 3.96. The van der Waals surface area contributed by atoms with Gasteiger partial charge in [-0.05, 0) is 18.2 Å². The van der Waals surface area contributed by atoms with Crippen LogP contribution in [0.15, 0.2) is 24.4 Å². The lowest BCUT2D eigenvalue weighted by Gasteiger charge is -1.98. The number of ether oxygens (including phenoxy) is 1. The largest absolute Gasteiger partial charge is 0.490 e. The standard InChI is InChI=1S/C8H8BrNO/c9-6-4-8(11-5-6)7-2-1-3-10-7/h1-4,6,10H,5H2. The minimum Gasteiger partial charge on any atom is -0.490 e. The quantitative estimate of drug-likeness (QED) is 0.712. The Morgan fingerprint density at radius 1 is 1.64 bits per heavy atom. The van der Waals surface area contributed by atoms with Gasteiger partial charge in [0.05, 0.1) is 10.5 Å². The van der Waals surface area contributed by atoms with Crippen molar-refractivity contribution in [2.24, 2.45) is 0 Å². The third-order valence-electron chi connectivity index (χ3n) is 1.59. The second-order valence-corrected chi connectivity index (χ2v) is 3.62. The first-order chi connectivity index (χ1) is 5.36. The number of alkyl halides is 1. The normalized spacial score (nSPS) is 23.0. The van der Waals surface area contributed by atoms with Gasteiger partial charge in [0.2, 0.25) is 0 Å². The number of halogens is 1. The van der Waals surface area contributed by atoms with E-state index in [1.54, 1.807) is 0 Å². The summed E-state index contributed by atoms with van der Waals surface area (Å²) < 4.78 is 5.39. The molecule has 0 bridgehead atoms. The van der Waals surface area contributed by atoms with E-state index in [0.29, 0.717) is 4.83 Å². The molecule has 0 fully saturated rings. The van der Waals surface area contributed by atoms with Crippen molar-refractivity contribution >= 4 is 21.7 Å². The van der Waals surface area contributed by atoms with Gasteiger partial charge in [0, 0.05) is 6.20 Å². The number of aromatic amines is 1. The molecule has 1 aliphatic heterocycles. The van der Waals surface area contributed by atoms with E-state index < -0.39 is 0 Å². The van der Waals surface area contributed by atoms with Crippen LogP contribution in [0, 0.1) is 0 Å². The van der Waals surface area contributed by atoms with Crippen molar-refractivity contribution in [2.75, 3.05) is 6.61 Å². The highest BCUT2D eigenvalue weighted by Crippen LogP contribution is 2.23. The summed E-state index contributed by atoms with van der Waals surface area (Å²) in [7, 11) is 0. The van der Waals surface area contributed by atoms with Crippen molar-refractivity contribution in [1.29, 1.82) is 0 Å². The lowest BCUT2D eigenvalue weighted by Crippen LogP contribution is -1.93. The van der Waals surface area contributed by atoms with Gasteiger partial charge < -0.3 is 9.72 Å². The number of H-pyrrole nitrogens is 1. The Hall–Kier alpha value is -0.700. The molecule has 3 heteroatoms. The van der Waals surface area contributed by atoms with Gasteiger partial charge in [-0.3, -0.25) is 0 Å². The fourth-order valence-electron chi connectivity index (χ4n) is 1.08. The van der Waals surface area contributed by atoms with Gasteiger partial charge in [-0.15, -0.1) is 0 Å². The van der Waals surface area contributed by atoms with E-state index in [1.165, 1.54) is 0 Å². The highest BCUT2D eigenvalue weighted by atomic mass is 79.9. The Balaban J connectivity index is 2.25. The minimum absolute atomic E-state index is 0.362. The minimum atomic E-state index is 0.362. The molecule has 11 heavy (non-hydrogen) atoms. The molecule has 58 valence electrons. The van der Waals surface area contributed by atoms with Crippen LogP contribution in [0.1, 0.15) is 5.69 Å². The van der Waals surface area contributed by atoms with Gasteiger partial charge in [-0.25, -0.2) is 0 Å². The number of nitrogens with one attached hydrogen (secondary N) is 1. The summed E-state index contributed by atoms with van der Waals surface area (Å²) in [4.78, 5) is 3.45. The number of aromatic nitrogens is 1.